The molecule has 0 bridgehead atoms. The van der Waals surface area contributed by atoms with Gasteiger partial charge in [0.2, 0.25) is 10.0 Å². The van der Waals surface area contributed by atoms with E-state index in [4.69, 9.17) is 5.84 Å². The minimum Gasteiger partial charge on any atom is -0.323 e. The van der Waals surface area contributed by atoms with E-state index >= 15 is 0 Å². The van der Waals surface area contributed by atoms with E-state index in [1.807, 2.05) is 5.43 Å². The monoisotopic (exact) mass is 292 g/mol. The number of hydrazine groups is 1. The first kappa shape index (κ1) is 15.3. The van der Waals surface area contributed by atoms with Crippen LogP contribution in [0.1, 0.15) is 13.3 Å². The van der Waals surface area contributed by atoms with Crippen molar-refractivity contribution in [2.75, 3.05) is 12.0 Å². The Morgan fingerprint density at radius 3 is 2.58 bits per heavy atom. The molecule has 8 nitrogen and oxygen atoms in total. The fourth-order valence-electron chi connectivity index (χ4n) is 1.37. The van der Waals surface area contributed by atoms with Gasteiger partial charge in [0.15, 0.2) is 5.82 Å². The lowest BCUT2D eigenvalue weighted by Crippen LogP contribution is -2.27. The van der Waals surface area contributed by atoms with E-state index in [0.29, 0.717) is 12.5 Å². The van der Waals surface area contributed by atoms with Gasteiger partial charge in [-0.05, 0) is 6.42 Å². The fraction of sp³-hybridized carbons (Fsp3) is 0.333. The van der Waals surface area contributed by atoms with Crippen LogP contribution < -0.4 is 16.0 Å². The minimum atomic E-state index is -4.13. The standard InChI is InChI=1S/C9H13FN4O4S/c1-2-3-12-19(17,18)9-7(10)4-6(14(15)16)5-8(9)13-11/h4-5,12-13H,2-3,11H2,1H3. The lowest BCUT2D eigenvalue weighted by molar-refractivity contribution is -0.385. The Hall–Kier alpha value is -1.78. The lowest BCUT2D eigenvalue weighted by Gasteiger charge is -2.11. The smallest absolute Gasteiger partial charge is 0.274 e. The Morgan fingerprint density at radius 1 is 1.47 bits per heavy atom. The largest absolute Gasteiger partial charge is 0.323 e. The molecule has 1 aromatic rings. The number of hydrogen-bond donors (Lipinski definition) is 3. The number of benzene rings is 1. The van der Waals surface area contributed by atoms with E-state index in [1.54, 1.807) is 6.92 Å². The summed E-state index contributed by atoms with van der Waals surface area (Å²) in [6, 6.07) is 1.38. The topological polar surface area (TPSA) is 127 Å². The average Bonchev–Trinajstić information content (AvgIpc) is 2.34. The van der Waals surface area contributed by atoms with Gasteiger partial charge in [-0.1, -0.05) is 6.92 Å². The summed E-state index contributed by atoms with van der Waals surface area (Å²) >= 11 is 0. The Bertz CT molecular complexity index is 590. The third-order valence-corrected chi connectivity index (χ3v) is 3.74. The summed E-state index contributed by atoms with van der Waals surface area (Å²) in [7, 11) is -4.13. The third-order valence-electron chi connectivity index (χ3n) is 2.21. The van der Waals surface area contributed by atoms with E-state index in [0.717, 1.165) is 6.07 Å². The van der Waals surface area contributed by atoms with Gasteiger partial charge >= 0.3 is 0 Å². The quantitative estimate of drug-likeness (QED) is 0.402. The third kappa shape index (κ3) is 3.36. The second kappa shape index (κ2) is 5.91. The van der Waals surface area contributed by atoms with Crippen LogP contribution in [0.5, 0.6) is 0 Å². The molecule has 0 unspecified atom stereocenters. The van der Waals surface area contributed by atoms with Crippen LogP contribution in [0, 0.1) is 15.9 Å². The first-order valence-corrected chi connectivity index (χ1v) is 6.76. The summed E-state index contributed by atoms with van der Waals surface area (Å²) in [5.41, 5.74) is 0.974. The Labute approximate surface area is 109 Å². The van der Waals surface area contributed by atoms with Crippen molar-refractivity contribution >= 4 is 21.4 Å². The predicted octanol–water partition coefficient (Wildman–Crippen LogP) is 0.708. The van der Waals surface area contributed by atoms with Crippen molar-refractivity contribution in [1.82, 2.24) is 4.72 Å². The molecular weight excluding hydrogens is 279 g/mol. The molecule has 1 rings (SSSR count). The maximum Gasteiger partial charge on any atom is 0.274 e. The van der Waals surface area contributed by atoms with Crippen LogP contribution in [0.4, 0.5) is 15.8 Å². The molecule has 0 aliphatic heterocycles. The highest BCUT2D eigenvalue weighted by Gasteiger charge is 2.26. The van der Waals surface area contributed by atoms with Crippen LogP contribution in [0.15, 0.2) is 17.0 Å². The number of non-ortho nitro benzene ring substituents is 1. The SMILES string of the molecule is CCCNS(=O)(=O)c1c(F)cc([N+](=O)[O-])cc1NN. The first-order valence-electron chi connectivity index (χ1n) is 5.27. The molecule has 0 radical (unpaired) electrons. The van der Waals surface area contributed by atoms with Gasteiger partial charge in [0.1, 0.15) is 4.90 Å². The number of nitro groups is 1. The van der Waals surface area contributed by atoms with Gasteiger partial charge in [-0.15, -0.1) is 0 Å². The van der Waals surface area contributed by atoms with Crippen molar-refractivity contribution < 1.29 is 17.7 Å². The molecule has 0 atom stereocenters. The summed E-state index contributed by atoms with van der Waals surface area (Å²) in [5, 5.41) is 10.6. The summed E-state index contributed by atoms with van der Waals surface area (Å²) in [6.45, 7) is 1.85. The number of halogens is 1. The summed E-state index contributed by atoms with van der Waals surface area (Å²) in [5.74, 6) is 3.84. The molecule has 106 valence electrons. The number of rotatable bonds is 6. The number of nitrogens with two attached hydrogens (primary N) is 1. The highest BCUT2D eigenvalue weighted by Crippen LogP contribution is 2.28. The van der Waals surface area contributed by atoms with Gasteiger partial charge in [0, 0.05) is 12.6 Å². The molecule has 1 aromatic carbocycles. The highest BCUT2D eigenvalue weighted by molar-refractivity contribution is 7.89. The molecular formula is C9H13FN4O4S. The van der Waals surface area contributed by atoms with Crippen LogP contribution in [-0.2, 0) is 10.0 Å². The van der Waals surface area contributed by atoms with Crippen molar-refractivity contribution in [3.8, 4) is 0 Å². The zero-order valence-corrected chi connectivity index (χ0v) is 10.8. The zero-order chi connectivity index (χ0) is 14.6. The summed E-state index contributed by atoms with van der Waals surface area (Å²) < 4.78 is 39.6. The molecule has 0 aromatic heterocycles. The van der Waals surface area contributed by atoms with Crippen LogP contribution in [0.25, 0.3) is 0 Å². The van der Waals surface area contributed by atoms with E-state index < -0.39 is 31.3 Å². The van der Waals surface area contributed by atoms with Crippen LogP contribution >= 0.6 is 0 Å². The Balaban J connectivity index is 3.39. The number of hydrogen-bond acceptors (Lipinski definition) is 6. The second-order valence-corrected chi connectivity index (χ2v) is 5.31. The summed E-state index contributed by atoms with van der Waals surface area (Å²) in [6.07, 6.45) is 0.513. The van der Waals surface area contributed by atoms with Gasteiger partial charge in [-0.3, -0.25) is 16.0 Å². The number of nitro benzene ring substituents is 1. The Morgan fingerprint density at radius 2 is 2.11 bits per heavy atom. The van der Waals surface area contributed by atoms with Crippen LogP contribution in [-0.4, -0.2) is 19.9 Å². The van der Waals surface area contributed by atoms with Crippen molar-refractivity contribution in [3.63, 3.8) is 0 Å². The highest BCUT2D eigenvalue weighted by atomic mass is 32.2. The van der Waals surface area contributed by atoms with E-state index in [9.17, 15) is 22.9 Å². The molecule has 0 aliphatic carbocycles. The molecule has 0 amide bonds. The Kier molecular flexibility index (Phi) is 4.75. The van der Waals surface area contributed by atoms with Crippen LogP contribution in [0.3, 0.4) is 0 Å². The maximum absolute atomic E-state index is 13.8. The predicted molar refractivity (Wildman–Crippen MR) is 66.3 cm³/mol. The van der Waals surface area contributed by atoms with Gasteiger partial charge in [0.05, 0.1) is 16.7 Å². The van der Waals surface area contributed by atoms with Gasteiger partial charge in [-0.2, -0.15) is 0 Å². The zero-order valence-electron chi connectivity index (χ0n) is 10.0. The molecule has 0 aliphatic rings. The van der Waals surface area contributed by atoms with Crippen LogP contribution in [0.2, 0.25) is 0 Å². The number of anilines is 1. The maximum atomic E-state index is 13.8. The van der Waals surface area contributed by atoms with Crippen molar-refractivity contribution in [1.29, 1.82) is 0 Å². The van der Waals surface area contributed by atoms with E-state index in [1.165, 1.54) is 0 Å². The normalized spacial score (nSPS) is 11.3. The van der Waals surface area contributed by atoms with Crippen molar-refractivity contribution in [2.45, 2.75) is 18.2 Å². The van der Waals surface area contributed by atoms with E-state index in [-0.39, 0.29) is 12.2 Å². The van der Waals surface area contributed by atoms with Gasteiger partial charge in [0.25, 0.3) is 5.69 Å². The first-order chi connectivity index (χ1) is 8.83. The molecule has 19 heavy (non-hydrogen) atoms. The number of nitrogen functional groups attached to an aromatic ring is 1. The molecule has 10 heteroatoms. The second-order valence-electron chi connectivity index (χ2n) is 3.60. The van der Waals surface area contributed by atoms with Gasteiger partial charge in [-0.25, -0.2) is 17.5 Å². The molecule has 0 fully saturated rings. The lowest BCUT2D eigenvalue weighted by atomic mass is 10.3. The average molecular weight is 292 g/mol. The number of nitrogens with zero attached hydrogens (tertiary/aromatic N) is 1. The van der Waals surface area contributed by atoms with E-state index in [2.05, 4.69) is 4.72 Å². The number of sulfonamides is 1. The minimum absolute atomic E-state index is 0.114. The molecule has 0 heterocycles. The van der Waals surface area contributed by atoms with Gasteiger partial charge < -0.3 is 5.43 Å². The van der Waals surface area contributed by atoms with Crippen molar-refractivity contribution in [3.05, 3.63) is 28.1 Å². The molecule has 4 N–H and O–H groups in total. The number of nitrogens with one attached hydrogen (secondary N) is 2. The molecule has 0 saturated heterocycles. The summed E-state index contributed by atoms with van der Waals surface area (Å²) in [4.78, 5) is 8.97. The van der Waals surface area contributed by atoms with Crippen molar-refractivity contribution in [2.24, 2.45) is 5.84 Å². The fourth-order valence-corrected chi connectivity index (χ4v) is 2.71. The molecule has 0 spiro atoms. The molecule has 0 saturated carbocycles.